The number of carbonyl (C=O) groups is 2. The van der Waals surface area contributed by atoms with Crippen LogP contribution in [0, 0.1) is 5.82 Å². The number of sulfonamides is 1. The van der Waals surface area contributed by atoms with E-state index in [1.165, 1.54) is 25.3 Å². The van der Waals surface area contributed by atoms with Gasteiger partial charge in [0, 0.05) is 22.3 Å². The molecule has 2 N–H and O–H groups in total. The molecule has 2 heterocycles. The van der Waals surface area contributed by atoms with E-state index in [2.05, 4.69) is 10.6 Å². The number of ether oxygens (including phenoxy) is 1. The smallest absolute Gasteiger partial charge is 0.419 e. The number of hydrogen-bond donors (Lipinski definition) is 2. The number of amides is 2. The molecule has 17 heteroatoms. The molecule has 5 rings (SSSR count). The minimum absolute atomic E-state index is 0.000293. The van der Waals surface area contributed by atoms with Crippen LogP contribution in [0.4, 0.5) is 47.8 Å². The minimum atomic E-state index is -5.09. The lowest BCUT2D eigenvalue weighted by molar-refractivity contribution is -0.140. The number of anilines is 3. The Kier molecular flexibility index (Phi) is 8.67. The van der Waals surface area contributed by atoms with Gasteiger partial charge in [0.1, 0.15) is 16.4 Å². The standard InChI is InChI=1S/C29H22F7N3O5S2/c1-44-22-9-6-17(39-10-2-3-11-46(39,42)43)14-19(22)26(40)38-24-18-7-4-15(28(31,32)33)12-23(18)45-25(24)27(41)37-16-5-8-21(30)20(13-16)29(34,35)36/h4-9,12-14H,2-3,10-11H2,1H3,(H,37,41)(H,38,40). The number of nitrogens with one attached hydrogen (secondary N) is 2. The van der Waals surface area contributed by atoms with Crippen molar-refractivity contribution in [3.63, 3.8) is 0 Å². The van der Waals surface area contributed by atoms with Gasteiger partial charge in [-0.3, -0.25) is 13.9 Å². The molecule has 1 aliphatic rings. The molecule has 244 valence electrons. The lowest BCUT2D eigenvalue weighted by Crippen LogP contribution is -2.38. The Labute approximate surface area is 260 Å². The van der Waals surface area contributed by atoms with Crippen LogP contribution in [-0.4, -0.2) is 39.6 Å². The third-order valence-corrected chi connectivity index (χ3v) is 10.1. The summed E-state index contributed by atoms with van der Waals surface area (Å²) >= 11 is 0.525. The van der Waals surface area contributed by atoms with E-state index < -0.39 is 56.8 Å². The Bertz CT molecular complexity index is 1960. The van der Waals surface area contributed by atoms with Crippen molar-refractivity contribution in [2.24, 2.45) is 0 Å². The molecule has 1 saturated heterocycles. The third-order valence-electron chi connectivity index (χ3n) is 7.06. The summed E-state index contributed by atoms with van der Waals surface area (Å²) in [7, 11) is -2.42. The van der Waals surface area contributed by atoms with Crippen LogP contribution in [0.25, 0.3) is 10.1 Å². The molecule has 0 bridgehead atoms. The second kappa shape index (κ2) is 12.1. The summed E-state index contributed by atoms with van der Waals surface area (Å²) in [5.41, 5.74) is -3.48. The molecular weight excluding hydrogens is 667 g/mol. The van der Waals surface area contributed by atoms with Crippen molar-refractivity contribution >= 4 is 60.3 Å². The molecule has 0 aliphatic carbocycles. The van der Waals surface area contributed by atoms with Gasteiger partial charge in [0.15, 0.2) is 0 Å². The summed E-state index contributed by atoms with van der Waals surface area (Å²) in [5, 5.41) is 4.66. The Balaban J connectivity index is 1.57. The Morgan fingerprint density at radius 1 is 0.891 bits per heavy atom. The van der Waals surface area contributed by atoms with Gasteiger partial charge in [0.05, 0.1) is 40.9 Å². The van der Waals surface area contributed by atoms with Gasteiger partial charge < -0.3 is 15.4 Å². The molecule has 0 unspecified atom stereocenters. The average Bonchev–Trinajstić information content (AvgIpc) is 3.34. The molecule has 1 fully saturated rings. The zero-order chi connectivity index (χ0) is 33.6. The van der Waals surface area contributed by atoms with E-state index in [1.54, 1.807) is 0 Å². The lowest BCUT2D eigenvalue weighted by Gasteiger charge is -2.28. The van der Waals surface area contributed by atoms with Crippen molar-refractivity contribution in [2.45, 2.75) is 25.2 Å². The monoisotopic (exact) mass is 689 g/mol. The van der Waals surface area contributed by atoms with E-state index in [9.17, 15) is 48.7 Å². The number of nitrogens with zero attached hydrogens (tertiary/aromatic N) is 1. The number of hydrogen-bond acceptors (Lipinski definition) is 6. The van der Waals surface area contributed by atoms with Crippen molar-refractivity contribution < 1.29 is 53.5 Å². The number of alkyl halides is 6. The number of thiophene rings is 1. The first-order chi connectivity index (χ1) is 21.5. The predicted octanol–water partition coefficient (Wildman–Crippen LogP) is 7.52. The summed E-state index contributed by atoms with van der Waals surface area (Å²) < 4.78 is 126. The van der Waals surface area contributed by atoms with Crippen molar-refractivity contribution in [2.75, 3.05) is 34.3 Å². The van der Waals surface area contributed by atoms with E-state index in [0.717, 1.165) is 28.6 Å². The first-order valence-electron chi connectivity index (χ1n) is 13.3. The Morgan fingerprint density at radius 2 is 1.63 bits per heavy atom. The van der Waals surface area contributed by atoms with Crippen LogP contribution in [0.3, 0.4) is 0 Å². The van der Waals surface area contributed by atoms with E-state index >= 15 is 0 Å². The van der Waals surface area contributed by atoms with Gasteiger partial charge in [-0.1, -0.05) is 6.07 Å². The number of methoxy groups -OCH3 is 1. The molecule has 1 aliphatic heterocycles. The molecule has 8 nitrogen and oxygen atoms in total. The summed E-state index contributed by atoms with van der Waals surface area (Å²) in [6.45, 7) is 0.163. The van der Waals surface area contributed by atoms with Gasteiger partial charge in [-0.2, -0.15) is 26.3 Å². The first kappa shape index (κ1) is 33.0. The highest BCUT2D eigenvalue weighted by Gasteiger charge is 2.35. The van der Waals surface area contributed by atoms with Crippen LogP contribution >= 0.6 is 11.3 Å². The minimum Gasteiger partial charge on any atom is -0.496 e. The Morgan fingerprint density at radius 3 is 2.28 bits per heavy atom. The molecule has 46 heavy (non-hydrogen) atoms. The zero-order valence-corrected chi connectivity index (χ0v) is 25.1. The van der Waals surface area contributed by atoms with Gasteiger partial charge in [0.25, 0.3) is 11.8 Å². The highest BCUT2D eigenvalue weighted by Crippen LogP contribution is 2.41. The number of rotatable bonds is 6. The maximum atomic E-state index is 13.8. The van der Waals surface area contributed by atoms with Crippen molar-refractivity contribution in [1.82, 2.24) is 0 Å². The van der Waals surface area contributed by atoms with Crippen molar-refractivity contribution in [3.05, 3.63) is 82.0 Å². The van der Waals surface area contributed by atoms with Crippen LogP contribution in [-0.2, 0) is 22.4 Å². The van der Waals surface area contributed by atoms with Gasteiger partial charge >= 0.3 is 12.4 Å². The highest BCUT2D eigenvalue weighted by molar-refractivity contribution is 7.92. The highest BCUT2D eigenvalue weighted by atomic mass is 32.2. The van der Waals surface area contributed by atoms with Crippen LogP contribution < -0.4 is 19.7 Å². The summed E-state index contributed by atoms with van der Waals surface area (Å²) in [6.07, 6.45) is -8.81. The fourth-order valence-corrected chi connectivity index (χ4v) is 7.58. The van der Waals surface area contributed by atoms with Crippen molar-refractivity contribution in [1.29, 1.82) is 0 Å². The van der Waals surface area contributed by atoms with Crippen LogP contribution in [0.15, 0.2) is 54.6 Å². The van der Waals surface area contributed by atoms with Gasteiger partial charge in [0.2, 0.25) is 10.0 Å². The molecule has 3 aromatic carbocycles. The molecule has 0 atom stereocenters. The molecule has 4 aromatic rings. The molecule has 2 amide bonds. The summed E-state index contributed by atoms with van der Waals surface area (Å²) in [4.78, 5) is 26.6. The predicted molar refractivity (Wildman–Crippen MR) is 157 cm³/mol. The molecule has 0 radical (unpaired) electrons. The summed E-state index contributed by atoms with van der Waals surface area (Å²) in [5.74, 6) is -3.72. The van der Waals surface area contributed by atoms with Gasteiger partial charge in [-0.05, 0) is 61.4 Å². The van der Waals surface area contributed by atoms with Gasteiger partial charge in [-0.15, -0.1) is 11.3 Å². The van der Waals surface area contributed by atoms with Gasteiger partial charge in [-0.25, -0.2) is 12.8 Å². The number of fused-ring (bicyclic) bond motifs is 1. The second-order valence-corrected chi connectivity index (χ2v) is 13.2. The number of carbonyl (C=O) groups excluding carboxylic acids is 2. The molecule has 0 saturated carbocycles. The van der Waals surface area contributed by atoms with E-state index in [-0.39, 0.29) is 49.9 Å². The lowest BCUT2D eigenvalue weighted by atomic mass is 10.1. The van der Waals surface area contributed by atoms with Crippen LogP contribution in [0.5, 0.6) is 5.75 Å². The average molecular weight is 690 g/mol. The van der Waals surface area contributed by atoms with E-state index in [1.807, 2.05) is 0 Å². The fourth-order valence-electron chi connectivity index (χ4n) is 4.85. The normalized spacial score (nSPS) is 15.1. The van der Waals surface area contributed by atoms with E-state index in [0.29, 0.717) is 36.3 Å². The van der Waals surface area contributed by atoms with Crippen LogP contribution in [0.1, 0.15) is 44.0 Å². The molecule has 0 spiro atoms. The molecule has 1 aromatic heterocycles. The van der Waals surface area contributed by atoms with Crippen LogP contribution in [0.2, 0.25) is 0 Å². The number of benzene rings is 3. The maximum absolute atomic E-state index is 13.8. The summed E-state index contributed by atoms with van der Waals surface area (Å²) in [6, 6.07) is 8.25. The topological polar surface area (TPSA) is 105 Å². The second-order valence-electron chi connectivity index (χ2n) is 10.1. The van der Waals surface area contributed by atoms with E-state index in [4.69, 9.17) is 4.74 Å². The zero-order valence-electron chi connectivity index (χ0n) is 23.5. The SMILES string of the molecule is COc1ccc(N2CCCCS2(=O)=O)cc1C(=O)Nc1c(C(=O)Nc2ccc(F)c(C(F)(F)F)c2)sc2cc(C(F)(F)F)ccc12. The quantitative estimate of drug-likeness (QED) is 0.204. The molecular formula is C29H22F7N3O5S2. The van der Waals surface area contributed by atoms with Crippen molar-refractivity contribution in [3.8, 4) is 5.75 Å². The fraction of sp³-hybridized carbons (Fsp3) is 0.241. The first-order valence-corrected chi connectivity index (χ1v) is 15.7. The maximum Gasteiger partial charge on any atom is 0.419 e. The third kappa shape index (κ3) is 6.60. The number of halogens is 7. The Hall–Kier alpha value is -4.38. The largest absolute Gasteiger partial charge is 0.496 e.